The van der Waals surface area contributed by atoms with Gasteiger partial charge in [-0.2, -0.15) is 0 Å². The van der Waals surface area contributed by atoms with Crippen molar-refractivity contribution >= 4 is 11.6 Å². The summed E-state index contributed by atoms with van der Waals surface area (Å²) in [6.45, 7) is 5.38. The van der Waals surface area contributed by atoms with Gasteiger partial charge in [0.15, 0.2) is 0 Å². The Hall–Kier alpha value is 0.250. The molecular weight excluding hydrogens is 220 g/mol. The van der Waals surface area contributed by atoms with Crippen molar-refractivity contribution in [3.8, 4) is 0 Å². The van der Waals surface area contributed by atoms with Crippen molar-refractivity contribution < 1.29 is 4.74 Å². The Morgan fingerprint density at radius 1 is 1.12 bits per heavy atom. The molecule has 1 aliphatic rings. The fourth-order valence-corrected chi connectivity index (χ4v) is 2.81. The van der Waals surface area contributed by atoms with Gasteiger partial charge in [-0.25, -0.2) is 0 Å². The molecule has 0 amide bonds. The van der Waals surface area contributed by atoms with Gasteiger partial charge < -0.3 is 4.74 Å². The molecule has 0 spiro atoms. The van der Waals surface area contributed by atoms with E-state index in [4.69, 9.17) is 16.3 Å². The van der Waals surface area contributed by atoms with Gasteiger partial charge in [0.2, 0.25) is 0 Å². The van der Waals surface area contributed by atoms with E-state index in [0.717, 1.165) is 12.5 Å². The molecule has 1 nitrogen and oxygen atoms in total. The number of hydrogen-bond acceptors (Lipinski definition) is 1. The van der Waals surface area contributed by atoms with Crippen molar-refractivity contribution in [3.05, 3.63) is 0 Å². The normalized spacial score (nSPS) is 30.6. The summed E-state index contributed by atoms with van der Waals surface area (Å²) in [5, 5.41) is 0. The van der Waals surface area contributed by atoms with Gasteiger partial charge in [-0.3, -0.25) is 0 Å². The molecule has 96 valence electrons. The van der Waals surface area contributed by atoms with Gasteiger partial charge in [0, 0.05) is 0 Å². The van der Waals surface area contributed by atoms with E-state index in [1.54, 1.807) is 0 Å². The Kier molecular flexibility index (Phi) is 7.47. The molecule has 1 rings (SSSR count). The highest BCUT2D eigenvalue weighted by Gasteiger charge is 2.28. The zero-order valence-corrected chi connectivity index (χ0v) is 11.6. The van der Waals surface area contributed by atoms with Gasteiger partial charge in [0.1, 0.15) is 5.56 Å². The van der Waals surface area contributed by atoms with Crippen LogP contribution in [0.3, 0.4) is 0 Å². The molecule has 1 aliphatic heterocycles. The maximum atomic E-state index is 6.22. The molecule has 1 saturated heterocycles. The van der Waals surface area contributed by atoms with E-state index in [1.807, 2.05) is 0 Å². The Morgan fingerprint density at radius 3 is 2.56 bits per heavy atom. The van der Waals surface area contributed by atoms with E-state index in [9.17, 15) is 0 Å². The van der Waals surface area contributed by atoms with Crippen molar-refractivity contribution in [3.63, 3.8) is 0 Å². The minimum Gasteiger partial charge on any atom is -0.362 e. The van der Waals surface area contributed by atoms with Crippen molar-refractivity contribution in [1.82, 2.24) is 0 Å². The Balaban J connectivity index is 2.13. The molecule has 2 heteroatoms. The number of rotatable bonds is 7. The predicted molar refractivity (Wildman–Crippen MR) is 70.9 cm³/mol. The molecule has 0 aromatic carbocycles. The van der Waals surface area contributed by atoms with Crippen molar-refractivity contribution in [2.75, 3.05) is 6.61 Å². The summed E-state index contributed by atoms with van der Waals surface area (Å²) in [7, 11) is 0. The summed E-state index contributed by atoms with van der Waals surface area (Å²) >= 11 is 6.22. The molecule has 0 aromatic rings. The smallest absolute Gasteiger partial charge is 0.134 e. The summed E-state index contributed by atoms with van der Waals surface area (Å²) in [5.41, 5.74) is -0.0195. The second kappa shape index (κ2) is 8.36. The molecule has 0 bridgehead atoms. The third kappa shape index (κ3) is 5.05. The maximum Gasteiger partial charge on any atom is 0.134 e. The molecule has 0 aliphatic carbocycles. The molecule has 1 heterocycles. The first-order chi connectivity index (χ1) is 7.77. The van der Waals surface area contributed by atoms with E-state index in [2.05, 4.69) is 13.8 Å². The molecule has 16 heavy (non-hydrogen) atoms. The van der Waals surface area contributed by atoms with Gasteiger partial charge in [-0.15, -0.1) is 0 Å². The van der Waals surface area contributed by atoms with Gasteiger partial charge >= 0.3 is 0 Å². The van der Waals surface area contributed by atoms with Crippen LogP contribution in [0.25, 0.3) is 0 Å². The lowest BCUT2D eigenvalue weighted by Gasteiger charge is -2.32. The van der Waals surface area contributed by atoms with Crippen LogP contribution in [0.1, 0.15) is 65.2 Å². The highest BCUT2D eigenvalue weighted by atomic mass is 35.5. The number of halogens is 1. The van der Waals surface area contributed by atoms with Crippen molar-refractivity contribution in [2.45, 2.75) is 70.8 Å². The topological polar surface area (TPSA) is 9.23 Å². The standard InChI is InChI=1S/C14H27ClO/c1-3-5-6-7-8-9-13-10-12(4-2)11-16-14(13)15/h12-14H,3-11H2,1-2H3. The van der Waals surface area contributed by atoms with Crippen molar-refractivity contribution in [2.24, 2.45) is 11.8 Å². The first-order valence-corrected chi connectivity index (χ1v) is 7.47. The largest absolute Gasteiger partial charge is 0.362 e. The molecule has 3 unspecified atom stereocenters. The van der Waals surface area contributed by atoms with Crippen LogP contribution in [0.2, 0.25) is 0 Å². The lowest BCUT2D eigenvalue weighted by atomic mass is 9.87. The van der Waals surface area contributed by atoms with Crippen LogP contribution < -0.4 is 0 Å². The van der Waals surface area contributed by atoms with E-state index in [-0.39, 0.29) is 5.56 Å². The monoisotopic (exact) mass is 246 g/mol. The summed E-state index contributed by atoms with van der Waals surface area (Å²) in [4.78, 5) is 0. The summed E-state index contributed by atoms with van der Waals surface area (Å²) in [6, 6.07) is 0. The highest BCUT2D eigenvalue weighted by Crippen LogP contribution is 2.32. The number of alkyl halides is 1. The van der Waals surface area contributed by atoms with Crippen molar-refractivity contribution in [1.29, 1.82) is 0 Å². The number of ether oxygens (including phenoxy) is 1. The van der Waals surface area contributed by atoms with Gasteiger partial charge in [-0.05, 0) is 24.7 Å². The predicted octanol–water partition coefficient (Wildman–Crippen LogP) is 4.97. The summed E-state index contributed by atoms with van der Waals surface area (Å²) in [6.07, 6.45) is 10.5. The molecule has 0 aromatic heterocycles. The zero-order chi connectivity index (χ0) is 11.8. The Bertz CT molecular complexity index is 172. The molecule has 0 radical (unpaired) electrons. The highest BCUT2D eigenvalue weighted by molar-refractivity contribution is 6.19. The molecule has 0 N–H and O–H groups in total. The third-order valence-corrected chi connectivity index (χ3v) is 4.24. The number of unbranched alkanes of at least 4 members (excludes halogenated alkanes) is 4. The SMILES string of the molecule is CCCCCCCC1CC(CC)COC1Cl. The zero-order valence-electron chi connectivity index (χ0n) is 10.9. The maximum absolute atomic E-state index is 6.22. The number of hydrogen-bond donors (Lipinski definition) is 0. The van der Waals surface area contributed by atoms with E-state index in [1.165, 1.54) is 51.4 Å². The minimum absolute atomic E-state index is 0.0195. The lowest BCUT2D eigenvalue weighted by molar-refractivity contribution is -0.0153. The Labute approximate surface area is 106 Å². The van der Waals surface area contributed by atoms with Crippen LogP contribution in [0.4, 0.5) is 0 Å². The fraction of sp³-hybridized carbons (Fsp3) is 1.00. The van der Waals surface area contributed by atoms with E-state index < -0.39 is 0 Å². The lowest BCUT2D eigenvalue weighted by Crippen LogP contribution is -2.30. The average molecular weight is 247 g/mol. The van der Waals surface area contributed by atoms with Crippen LogP contribution in [0, 0.1) is 11.8 Å². The van der Waals surface area contributed by atoms with E-state index in [0.29, 0.717) is 5.92 Å². The molecule has 3 atom stereocenters. The third-order valence-electron chi connectivity index (χ3n) is 3.75. The van der Waals surface area contributed by atoms with Gasteiger partial charge in [0.05, 0.1) is 6.61 Å². The van der Waals surface area contributed by atoms with Gasteiger partial charge in [0.25, 0.3) is 0 Å². The first-order valence-electron chi connectivity index (χ1n) is 7.03. The van der Waals surface area contributed by atoms with Crippen LogP contribution in [-0.4, -0.2) is 12.2 Å². The fourth-order valence-electron chi connectivity index (χ4n) is 2.51. The first kappa shape index (κ1) is 14.3. The second-order valence-corrected chi connectivity index (χ2v) is 5.59. The van der Waals surface area contributed by atoms with Crippen LogP contribution in [0.5, 0.6) is 0 Å². The average Bonchev–Trinajstić information content (AvgIpc) is 2.31. The van der Waals surface area contributed by atoms with Crippen LogP contribution >= 0.6 is 11.6 Å². The van der Waals surface area contributed by atoms with E-state index >= 15 is 0 Å². The van der Waals surface area contributed by atoms with Crippen LogP contribution in [-0.2, 0) is 4.74 Å². The Morgan fingerprint density at radius 2 is 1.88 bits per heavy atom. The minimum atomic E-state index is -0.0195. The van der Waals surface area contributed by atoms with Crippen LogP contribution in [0.15, 0.2) is 0 Å². The molecular formula is C14H27ClO. The molecule has 0 saturated carbocycles. The summed E-state index contributed by atoms with van der Waals surface area (Å²) < 4.78 is 5.64. The van der Waals surface area contributed by atoms with Gasteiger partial charge in [-0.1, -0.05) is 64.0 Å². The second-order valence-electron chi connectivity index (χ2n) is 5.16. The summed E-state index contributed by atoms with van der Waals surface area (Å²) in [5.74, 6) is 1.35. The quantitative estimate of drug-likeness (QED) is 0.455. The molecule has 1 fully saturated rings.